The van der Waals surface area contributed by atoms with Crippen molar-refractivity contribution in [2.24, 2.45) is 0 Å². The number of fused-ring (bicyclic) bond motifs is 3. The van der Waals surface area contributed by atoms with E-state index in [1.807, 2.05) is 17.0 Å². The predicted molar refractivity (Wildman–Crippen MR) is 96.8 cm³/mol. The third kappa shape index (κ3) is 2.81. The van der Waals surface area contributed by atoms with Crippen LogP contribution in [0.1, 0.15) is 18.4 Å². The molecule has 2 atom stereocenters. The summed E-state index contributed by atoms with van der Waals surface area (Å²) in [5.41, 5.74) is 1.32. The van der Waals surface area contributed by atoms with Gasteiger partial charge in [0.15, 0.2) is 5.65 Å². The van der Waals surface area contributed by atoms with Crippen molar-refractivity contribution in [1.82, 2.24) is 24.7 Å². The zero-order valence-corrected chi connectivity index (χ0v) is 14.7. The monoisotopic (exact) mass is 366 g/mol. The van der Waals surface area contributed by atoms with Crippen LogP contribution in [0.3, 0.4) is 0 Å². The summed E-state index contributed by atoms with van der Waals surface area (Å²) in [5, 5.41) is 12.4. The molecule has 0 N–H and O–H groups in total. The highest BCUT2D eigenvalue weighted by Gasteiger charge is 2.47. The van der Waals surface area contributed by atoms with Crippen molar-refractivity contribution in [1.29, 1.82) is 0 Å². The van der Waals surface area contributed by atoms with Crippen LogP contribution in [0.25, 0.3) is 5.65 Å². The minimum Gasteiger partial charge on any atom is -0.351 e. The third-order valence-corrected chi connectivity index (χ3v) is 5.52. The zero-order valence-electron chi connectivity index (χ0n) is 14.7. The molecule has 2 bridgehead atoms. The number of hydrogen-bond donors (Lipinski definition) is 0. The van der Waals surface area contributed by atoms with Gasteiger partial charge in [-0.2, -0.15) is 4.52 Å². The number of piperidine rings is 1. The maximum absolute atomic E-state index is 13.7. The summed E-state index contributed by atoms with van der Waals surface area (Å²) < 4.78 is 15.4. The van der Waals surface area contributed by atoms with Crippen LogP contribution in [-0.2, 0) is 11.2 Å². The molecule has 0 spiro atoms. The number of piperazine rings is 1. The van der Waals surface area contributed by atoms with E-state index in [4.69, 9.17) is 0 Å². The molecule has 3 fully saturated rings. The number of benzene rings is 1. The first-order valence-corrected chi connectivity index (χ1v) is 9.15. The van der Waals surface area contributed by atoms with Gasteiger partial charge in [-0.3, -0.25) is 4.79 Å². The number of hydrogen-bond acceptors (Lipinski definition) is 5. The number of rotatable bonds is 4. The zero-order chi connectivity index (χ0) is 18.4. The fourth-order valence-corrected chi connectivity index (χ4v) is 4.16. The van der Waals surface area contributed by atoms with Crippen molar-refractivity contribution in [3.8, 4) is 0 Å². The van der Waals surface area contributed by atoms with Crippen molar-refractivity contribution in [2.45, 2.75) is 31.3 Å². The second-order valence-corrected chi connectivity index (χ2v) is 7.17. The first-order valence-electron chi connectivity index (χ1n) is 9.15. The lowest BCUT2D eigenvalue weighted by atomic mass is 9.86. The molecule has 138 valence electrons. The number of halogens is 1. The Kier molecular flexibility index (Phi) is 3.77. The highest BCUT2D eigenvalue weighted by Crippen LogP contribution is 2.34. The van der Waals surface area contributed by atoms with Crippen molar-refractivity contribution in [2.75, 3.05) is 18.0 Å². The topological polar surface area (TPSA) is 66.6 Å². The first-order chi connectivity index (χ1) is 13.2. The summed E-state index contributed by atoms with van der Waals surface area (Å²) in [6.07, 6.45) is 3.40. The van der Waals surface area contributed by atoms with Crippen molar-refractivity contribution in [3.63, 3.8) is 0 Å². The van der Waals surface area contributed by atoms with E-state index < -0.39 is 0 Å². The average Bonchev–Trinajstić information content (AvgIpc) is 3.15. The molecule has 1 amide bonds. The van der Waals surface area contributed by atoms with Crippen molar-refractivity contribution >= 4 is 17.4 Å². The Morgan fingerprint density at radius 1 is 1.15 bits per heavy atom. The molecule has 1 aromatic carbocycles. The Bertz CT molecular complexity index is 993. The van der Waals surface area contributed by atoms with Crippen LogP contribution < -0.4 is 4.90 Å². The summed E-state index contributed by atoms with van der Waals surface area (Å²) in [6, 6.07) is 10.9. The predicted octanol–water partition coefficient (Wildman–Crippen LogP) is 1.69. The standard InChI is InChI=1S/C19H19FN6O/c20-16-4-2-1-3-13(16)5-8-19(27)26-14-9-15(26)11-24(10-14)18-7-6-17-22-21-12-25(17)23-18/h1-4,6-7,12,14-15H,5,8-11H2. The summed E-state index contributed by atoms with van der Waals surface area (Å²) in [6.45, 7) is 1.53. The molecule has 2 aromatic heterocycles. The van der Waals surface area contributed by atoms with E-state index in [-0.39, 0.29) is 23.8 Å². The van der Waals surface area contributed by atoms with Crippen LogP contribution in [0.5, 0.6) is 0 Å². The van der Waals surface area contributed by atoms with Gasteiger partial charge in [0.1, 0.15) is 18.0 Å². The van der Waals surface area contributed by atoms with Gasteiger partial charge in [-0.05, 0) is 36.6 Å². The highest BCUT2D eigenvalue weighted by atomic mass is 19.1. The minimum absolute atomic E-state index is 0.112. The Labute approximate surface area is 155 Å². The largest absolute Gasteiger partial charge is 0.351 e. The van der Waals surface area contributed by atoms with Gasteiger partial charge >= 0.3 is 0 Å². The lowest BCUT2D eigenvalue weighted by Crippen LogP contribution is -2.70. The molecule has 3 saturated heterocycles. The van der Waals surface area contributed by atoms with Crippen molar-refractivity contribution in [3.05, 3.63) is 54.1 Å². The molecule has 3 aliphatic rings. The number of amides is 1. The number of aromatic nitrogens is 4. The fourth-order valence-electron chi connectivity index (χ4n) is 4.16. The number of aryl methyl sites for hydroxylation is 1. The highest BCUT2D eigenvalue weighted by molar-refractivity contribution is 5.78. The molecule has 27 heavy (non-hydrogen) atoms. The molecule has 0 radical (unpaired) electrons. The van der Waals surface area contributed by atoms with E-state index in [0.717, 1.165) is 25.3 Å². The van der Waals surface area contributed by atoms with E-state index in [1.165, 1.54) is 6.07 Å². The molecule has 3 aliphatic heterocycles. The summed E-state index contributed by atoms with van der Waals surface area (Å²) in [7, 11) is 0. The summed E-state index contributed by atoms with van der Waals surface area (Å²) in [5.74, 6) is 0.743. The quantitative estimate of drug-likeness (QED) is 0.703. The normalized spacial score (nSPS) is 21.4. The smallest absolute Gasteiger partial charge is 0.223 e. The van der Waals surface area contributed by atoms with Crippen LogP contribution in [0, 0.1) is 5.82 Å². The molecule has 7 nitrogen and oxygen atoms in total. The lowest BCUT2D eigenvalue weighted by Gasteiger charge is -2.56. The fraction of sp³-hybridized carbons (Fsp3) is 0.368. The Morgan fingerprint density at radius 2 is 1.96 bits per heavy atom. The van der Waals surface area contributed by atoms with Crippen LogP contribution in [-0.4, -0.2) is 55.8 Å². The molecule has 2 unspecified atom stereocenters. The van der Waals surface area contributed by atoms with Crippen LogP contribution in [0.15, 0.2) is 42.7 Å². The van der Waals surface area contributed by atoms with Gasteiger partial charge in [0, 0.05) is 19.5 Å². The van der Waals surface area contributed by atoms with E-state index in [9.17, 15) is 9.18 Å². The van der Waals surface area contributed by atoms with Gasteiger partial charge in [-0.25, -0.2) is 4.39 Å². The molecular weight excluding hydrogens is 347 g/mol. The van der Waals surface area contributed by atoms with Crippen molar-refractivity contribution < 1.29 is 9.18 Å². The maximum atomic E-state index is 13.7. The molecule has 0 aliphatic carbocycles. The van der Waals surface area contributed by atoms with Gasteiger partial charge in [-0.15, -0.1) is 15.3 Å². The maximum Gasteiger partial charge on any atom is 0.223 e. The minimum atomic E-state index is -0.240. The van der Waals surface area contributed by atoms with E-state index in [0.29, 0.717) is 24.1 Å². The number of carbonyl (C=O) groups excluding carboxylic acids is 1. The Hall–Kier alpha value is -3.03. The molecule has 0 saturated carbocycles. The van der Waals surface area contributed by atoms with E-state index >= 15 is 0 Å². The summed E-state index contributed by atoms with van der Waals surface area (Å²) >= 11 is 0. The van der Waals surface area contributed by atoms with Gasteiger partial charge in [0.05, 0.1) is 12.1 Å². The Balaban J connectivity index is 1.23. The molecule has 8 heteroatoms. The van der Waals surface area contributed by atoms with Crippen LogP contribution in [0.2, 0.25) is 0 Å². The third-order valence-electron chi connectivity index (χ3n) is 5.52. The molecule has 5 heterocycles. The number of nitrogens with zero attached hydrogens (tertiary/aromatic N) is 6. The van der Waals surface area contributed by atoms with Gasteiger partial charge < -0.3 is 9.80 Å². The molecular formula is C19H19FN6O. The number of carbonyl (C=O) groups is 1. The van der Waals surface area contributed by atoms with Crippen LogP contribution >= 0.6 is 0 Å². The van der Waals surface area contributed by atoms with E-state index in [2.05, 4.69) is 20.2 Å². The van der Waals surface area contributed by atoms with Gasteiger partial charge in [0.25, 0.3) is 0 Å². The lowest BCUT2D eigenvalue weighted by molar-refractivity contribution is -0.146. The molecule has 3 aromatic rings. The Morgan fingerprint density at radius 3 is 2.78 bits per heavy atom. The second kappa shape index (κ2) is 6.29. The van der Waals surface area contributed by atoms with Gasteiger partial charge in [-0.1, -0.05) is 18.2 Å². The van der Waals surface area contributed by atoms with Gasteiger partial charge in [0.2, 0.25) is 5.91 Å². The summed E-state index contributed by atoms with van der Waals surface area (Å²) in [4.78, 5) is 16.8. The molecule has 6 rings (SSSR count). The SMILES string of the molecule is O=C(CCc1ccccc1F)N1C2CC1CN(c1ccc3nncn3n1)C2. The van der Waals surface area contributed by atoms with Crippen LogP contribution in [0.4, 0.5) is 10.2 Å². The average molecular weight is 366 g/mol. The van der Waals surface area contributed by atoms with E-state index in [1.54, 1.807) is 29.0 Å². The number of anilines is 1. The first kappa shape index (κ1) is 16.2. The second-order valence-electron chi connectivity index (χ2n) is 7.17.